The van der Waals surface area contributed by atoms with Crippen LogP contribution in [0.4, 0.5) is 32.0 Å². The molecule has 1 saturated heterocycles. The van der Waals surface area contributed by atoms with E-state index in [1.807, 2.05) is 4.90 Å². The fourth-order valence-electron chi connectivity index (χ4n) is 5.76. The van der Waals surface area contributed by atoms with Crippen LogP contribution in [0.2, 0.25) is 0 Å². The molecule has 1 aliphatic heterocycles. The van der Waals surface area contributed by atoms with Crippen molar-refractivity contribution in [2.75, 3.05) is 18.0 Å². The maximum absolute atomic E-state index is 15.0. The number of nitrogens with zero attached hydrogens (tertiary/aromatic N) is 2. The summed E-state index contributed by atoms with van der Waals surface area (Å²) in [7, 11) is 0. The first-order valence-corrected chi connectivity index (χ1v) is 12.1. The fourth-order valence-corrected chi connectivity index (χ4v) is 5.76. The summed E-state index contributed by atoms with van der Waals surface area (Å²) in [5, 5.41) is 0. The number of aromatic nitrogens is 3. The van der Waals surface area contributed by atoms with Crippen LogP contribution in [0.3, 0.4) is 0 Å². The molecular weight excluding hydrogens is 510 g/mol. The van der Waals surface area contributed by atoms with Crippen molar-refractivity contribution < 1.29 is 31.1 Å². The smallest absolute Gasteiger partial charge is 0.371 e. The van der Waals surface area contributed by atoms with Crippen molar-refractivity contribution in [1.29, 1.82) is 0 Å². The fraction of sp³-hybridized carbons (Fsp3) is 0.333. The Kier molecular flexibility index (Phi) is 5.41. The van der Waals surface area contributed by atoms with Gasteiger partial charge in [0.2, 0.25) is 5.92 Å². The topological polar surface area (TPSA) is 64.8 Å². The number of alkyl halides is 5. The first-order chi connectivity index (χ1) is 17.9. The Bertz CT molecular complexity index is 1530. The van der Waals surface area contributed by atoms with E-state index in [9.17, 15) is 31.1 Å². The zero-order valence-corrected chi connectivity index (χ0v) is 19.9. The molecule has 0 bridgehead atoms. The summed E-state index contributed by atoms with van der Waals surface area (Å²) < 4.78 is 81.9. The summed E-state index contributed by atoms with van der Waals surface area (Å²) in [6.45, 7) is 1.09. The Morgan fingerprint density at radius 3 is 2.42 bits per heavy atom. The predicted octanol–water partition coefficient (Wildman–Crippen LogP) is 6.96. The molecule has 0 amide bonds. The van der Waals surface area contributed by atoms with Crippen LogP contribution in [0, 0.1) is 11.2 Å². The molecule has 1 spiro atoms. The molecule has 1 aliphatic carbocycles. The van der Waals surface area contributed by atoms with Crippen LogP contribution in [0.15, 0.2) is 48.7 Å². The van der Waals surface area contributed by atoms with E-state index in [4.69, 9.17) is 0 Å². The minimum atomic E-state index is -4.68. The van der Waals surface area contributed by atoms with Gasteiger partial charge in [0, 0.05) is 48.9 Å². The number of rotatable bonds is 4. The summed E-state index contributed by atoms with van der Waals surface area (Å²) in [5.74, 6) is -3.74. The van der Waals surface area contributed by atoms with E-state index in [1.165, 1.54) is 30.5 Å². The van der Waals surface area contributed by atoms with Crippen LogP contribution in [0.5, 0.6) is 0 Å². The van der Waals surface area contributed by atoms with E-state index >= 15 is 0 Å². The average Bonchev–Trinajstić information content (AvgIpc) is 3.50. The van der Waals surface area contributed by atoms with E-state index in [2.05, 4.69) is 15.0 Å². The molecule has 2 aromatic carbocycles. The zero-order chi connectivity index (χ0) is 26.9. The largest absolute Gasteiger partial charge is 0.417 e. The van der Waals surface area contributed by atoms with E-state index in [-0.39, 0.29) is 35.2 Å². The highest BCUT2D eigenvalue weighted by Gasteiger charge is 2.56. The quantitative estimate of drug-likeness (QED) is 0.221. The molecule has 0 radical (unpaired) electrons. The summed E-state index contributed by atoms with van der Waals surface area (Å²) in [6.07, 6.45) is -2.34. The van der Waals surface area contributed by atoms with Crippen LogP contribution in [0.1, 0.15) is 47.2 Å². The van der Waals surface area contributed by atoms with Gasteiger partial charge >= 0.3 is 6.18 Å². The lowest BCUT2D eigenvalue weighted by atomic mass is 9.61. The minimum absolute atomic E-state index is 0.00198. The van der Waals surface area contributed by atoms with Crippen molar-refractivity contribution in [3.8, 4) is 11.5 Å². The number of ketones is 1. The number of H-pyrrole nitrogens is 2. The van der Waals surface area contributed by atoms with Crippen molar-refractivity contribution in [1.82, 2.24) is 15.0 Å². The summed E-state index contributed by atoms with van der Waals surface area (Å²) >= 11 is 0. The molecule has 1 saturated carbocycles. The van der Waals surface area contributed by atoms with Gasteiger partial charge in [-0.2, -0.15) is 13.2 Å². The second kappa shape index (κ2) is 8.37. The van der Waals surface area contributed by atoms with Gasteiger partial charge in [0.25, 0.3) is 0 Å². The second-order valence-corrected chi connectivity index (χ2v) is 10.3. The predicted molar refractivity (Wildman–Crippen MR) is 129 cm³/mol. The molecule has 2 aromatic heterocycles. The molecule has 6 rings (SSSR count). The van der Waals surface area contributed by atoms with Gasteiger partial charge in [-0.3, -0.25) is 4.79 Å². The number of nitrogens with one attached hydrogen (secondary N) is 2. The molecule has 198 valence electrons. The van der Waals surface area contributed by atoms with Gasteiger partial charge in [-0.1, -0.05) is 18.2 Å². The zero-order valence-electron chi connectivity index (χ0n) is 19.9. The standard InChI is InChI=1S/C27H22F6N4O/c28-19-10-16(37-7-5-25(6-8-37)13-26(29,30)14-25)11-20-22(19)36-24(35-20)21-9-15(12-34-21)23(38)17-3-1-2-4-18(17)27(31,32)33/h1-4,9-12,34H,5-8,13-14H2,(H,35,36). The molecule has 2 fully saturated rings. The number of aromatic amines is 2. The van der Waals surface area contributed by atoms with E-state index < -0.39 is 34.8 Å². The lowest BCUT2D eigenvalue weighted by Gasteiger charge is -2.52. The third kappa shape index (κ3) is 4.23. The van der Waals surface area contributed by atoms with Gasteiger partial charge in [-0.05, 0) is 42.5 Å². The number of piperidine rings is 1. The number of fused-ring (bicyclic) bond motifs is 1. The molecule has 0 atom stereocenters. The highest BCUT2D eigenvalue weighted by molar-refractivity contribution is 6.10. The van der Waals surface area contributed by atoms with Crippen LogP contribution >= 0.6 is 0 Å². The maximum atomic E-state index is 15.0. The number of hydrogen-bond acceptors (Lipinski definition) is 3. The average molecular weight is 532 g/mol. The first kappa shape index (κ1) is 24.6. The third-order valence-corrected chi connectivity index (χ3v) is 7.66. The molecular formula is C27H22F6N4O. The van der Waals surface area contributed by atoms with Crippen molar-refractivity contribution in [3.63, 3.8) is 0 Å². The van der Waals surface area contributed by atoms with E-state index in [1.54, 1.807) is 6.07 Å². The van der Waals surface area contributed by atoms with Crippen molar-refractivity contribution >= 4 is 22.5 Å². The number of anilines is 1. The number of hydrogen-bond donors (Lipinski definition) is 2. The summed E-state index contributed by atoms with van der Waals surface area (Å²) in [5.41, 5.74) is -0.440. The Morgan fingerprint density at radius 2 is 1.74 bits per heavy atom. The Labute approximate surface area is 212 Å². The Balaban J connectivity index is 1.24. The molecule has 4 aromatic rings. The number of carbonyl (C=O) groups is 1. The molecule has 3 heterocycles. The van der Waals surface area contributed by atoms with E-state index in [0.29, 0.717) is 42.8 Å². The normalized spacial score (nSPS) is 18.6. The van der Waals surface area contributed by atoms with Gasteiger partial charge in [0.1, 0.15) is 5.52 Å². The minimum Gasteiger partial charge on any atom is -0.371 e. The molecule has 0 unspecified atom stereocenters. The van der Waals surface area contributed by atoms with Crippen LogP contribution in [-0.2, 0) is 6.18 Å². The molecule has 11 heteroatoms. The second-order valence-electron chi connectivity index (χ2n) is 10.3. The van der Waals surface area contributed by atoms with Gasteiger partial charge in [0.05, 0.1) is 16.8 Å². The van der Waals surface area contributed by atoms with Gasteiger partial charge in [-0.15, -0.1) is 0 Å². The summed E-state index contributed by atoms with van der Waals surface area (Å²) in [6, 6.07) is 9.00. The van der Waals surface area contributed by atoms with Gasteiger partial charge in [-0.25, -0.2) is 18.2 Å². The van der Waals surface area contributed by atoms with Gasteiger partial charge in [0.15, 0.2) is 17.4 Å². The number of imidazole rings is 1. The monoisotopic (exact) mass is 532 g/mol. The first-order valence-electron chi connectivity index (χ1n) is 12.1. The van der Waals surface area contributed by atoms with Crippen LogP contribution in [0.25, 0.3) is 22.6 Å². The maximum Gasteiger partial charge on any atom is 0.417 e. The lowest BCUT2D eigenvalue weighted by Crippen LogP contribution is -2.52. The Morgan fingerprint density at radius 1 is 1.03 bits per heavy atom. The van der Waals surface area contributed by atoms with Gasteiger partial charge < -0.3 is 14.9 Å². The molecule has 2 N–H and O–H groups in total. The molecule has 38 heavy (non-hydrogen) atoms. The lowest BCUT2D eigenvalue weighted by molar-refractivity contribution is -0.168. The molecule has 2 aliphatic rings. The molecule has 5 nitrogen and oxygen atoms in total. The Hall–Kier alpha value is -3.76. The summed E-state index contributed by atoms with van der Waals surface area (Å²) in [4.78, 5) is 24.9. The third-order valence-electron chi connectivity index (χ3n) is 7.66. The SMILES string of the molecule is O=C(c1c[nH]c(-c2nc3c(F)cc(N4CCC5(CC4)CC(F)(F)C5)cc3[nH]2)c1)c1ccccc1C(F)(F)F. The highest BCUT2D eigenvalue weighted by atomic mass is 19.4. The number of carbonyl (C=O) groups excluding carboxylic acids is 1. The van der Waals surface area contributed by atoms with Crippen LogP contribution in [-0.4, -0.2) is 39.7 Å². The number of benzene rings is 2. The number of halogens is 6. The van der Waals surface area contributed by atoms with Crippen molar-refractivity contribution in [2.24, 2.45) is 5.41 Å². The van der Waals surface area contributed by atoms with Crippen LogP contribution < -0.4 is 4.90 Å². The van der Waals surface area contributed by atoms with Crippen molar-refractivity contribution in [2.45, 2.75) is 37.8 Å². The van der Waals surface area contributed by atoms with E-state index in [0.717, 1.165) is 12.1 Å². The highest BCUT2D eigenvalue weighted by Crippen LogP contribution is 2.57. The van der Waals surface area contributed by atoms with Crippen molar-refractivity contribution in [3.05, 3.63) is 71.2 Å².